The van der Waals surface area contributed by atoms with E-state index in [1.165, 1.54) is 0 Å². The van der Waals surface area contributed by atoms with Crippen molar-refractivity contribution in [2.24, 2.45) is 11.5 Å². The average molecular weight is 216 g/mol. The van der Waals surface area contributed by atoms with Gasteiger partial charge in [0, 0.05) is 25.5 Å². The van der Waals surface area contributed by atoms with Crippen molar-refractivity contribution in [3.05, 3.63) is 36.2 Å². The van der Waals surface area contributed by atoms with Crippen molar-refractivity contribution in [3.8, 4) is 11.4 Å². The van der Waals surface area contributed by atoms with Gasteiger partial charge >= 0.3 is 0 Å². The molecule has 82 valence electrons. The summed E-state index contributed by atoms with van der Waals surface area (Å²) < 4.78 is 0. The lowest BCUT2D eigenvalue weighted by Gasteiger charge is -2.02. The number of nitrogens with two attached hydrogens (primary N) is 2. The Morgan fingerprint density at radius 1 is 0.750 bits per heavy atom. The van der Waals surface area contributed by atoms with Crippen LogP contribution >= 0.6 is 0 Å². The minimum Gasteiger partial charge on any atom is -0.325 e. The molecule has 0 aromatic carbocycles. The molecular weight excluding hydrogens is 204 g/mol. The minimum atomic E-state index is 0.352. The lowest BCUT2D eigenvalue weighted by Crippen LogP contribution is -2.04. The summed E-state index contributed by atoms with van der Waals surface area (Å²) in [6.45, 7) is 0.704. The maximum Gasteiger partial charge on any atom is 0.109 e. The molecule has 0 bridgehead atoms. The van der Waals surface area contributed by atoms with Gasteiger partial charge in [-0.15, -0.1) is 0 Å². The smallest absolute Gasteiger partial charge is 0.109 e. The van der Waals surface area contributed by atoms with Gasteiger partial charge in [0.05, 0.1) is 23.8 Å². The number of rotatable bonds is 3. The second-order valence-electron chi connectivity index (χ2n) is 3.20. The van der Waals surface area contributed by atoms with Crippen LogP contribution in [0.5, 0.6) is 0 Å². The number of nitrogens with zero attached hydrogens (tertiary/aromatic N) is 4. The van der Waals surface area contributed by atoms with Crippen LogP contribution in [0.4, 0.5) is 0 Å². The largest absolute Gasteiger partial charge is 0.325 e. The summed E-state index contributed by atoms with van der Waals surface area (Å²) in [5.74, 6) is 0. The van der Waals surface area contributed by atoms with E-state index in [0.717, 1.165) is 11.4 Å². The van der Waals surface area contributed by atoms with Crippen LogP contribution in [0.15, 0.2) is 24.8 Å². The highest BCUT2D eigenvalue weighted by atomic mass is 14.9. The molecule has 0 amide bonds. The van der Waals surface area contributed by atoms with Crippen LogP contribution in [0.1, 0.15) is 11.4 Å². The molecule has 6 nitrogen and oxygen atoms in total. The van der Waals surface area contributed by atoms with Gasteiger partial charge < -0.3 is 11.5 Å². The average Bonchev–Trinajstić information content (AvgIpc) is 2.39. The van der Waals surface area contributed by atoms with E-state index in [2.05, 4.69) is 19.9 Å². The second kappa shape index (κ2) is 4.73. The van der Waals surface area contributed by atoms with Crippen molar-refractivity contribution in [2.75, 3.05) is 0 Å². The van der Waals surface area contributed by atoms with Gasteiger partial charge in [0.15, 0.2) is 0 Å². The quantitative estimate of drug-likeness (QED) is 0.739. The van der Waals surface area contributed by atoms with Gasteiger partial charge in [-0.2, -0.15) is 0 Å². The maximum absolute atomic E-state index is 5.49. The molecule has 0 aliphatic heterocycles. The van der Waals surface area contributed by atoms with Crippen molar-refractivity contribution >= 4 is 0 Å². The predicted octanol–water partition coefficient (Wildman–Crippen LogP) is -0.149. The molecular formula is C10H12N6. The van der Waals surface area contributed by atoms with E-state index in [1.54, 1.807) is 24.8 Å². The number of hydrogen-bond donors (Lipinski definition) is 2. The third kappa shape index (κ3) is 2.18. The molecule has 16 heavy (non-hydrogen) atoms. The van der Waals surface area contributed by atoms with E-state index >= 15 is 0 Å². The fourth-order valence-corrected chi connectivity index (χ4v) is 1.26. The fourth-order valence-electron chi connectivity index (χ4n) is 1.26. The lowest BCUT2D eigenvalue weighted by atomic mass is 10.3. The SMILES string of the molecule is NCc1cncc(-c2cncc(CN)n2)n1. The first-order valence-electron chi connectivity index (χ1n) is 4.86. The molecule has 0 radical (unpaired) electrons. The molecule has 6 heteroatoms. The number of hydrogen-bond acceptors (Lipinski definition) is 6. The zero-order valence-corrected chi connectivity index (χ0v) is 8.67. The molecule has 2 heterocycles. The Labute approximate surface area is 92.8 Å². The van der Waals surface area contributed by atoms with Crippen LogP contribution in [-0.4, -0.2) is 19.9 Å². The van der Waals surface area contributed by atoms with Gasteiger partial charge in [0.1, 0.15) is 11.4 Å². The molecule has 0 saturated carbocycles. The first kappa shape index (κ1) is 10.6. The van der Waals surface area contributed by atoms with E-state index in [-0.39, 0.29) is 0 Å². The Balaban J connectivity index is 2.41. The first-order valence-corrected chi connectivity index (χ1v) is 4.86. The van der Waals surface area contributed by atoms with E-state index in [9.17, 15) is 0 Å². The van der Waals surface area contributed by atoms with Crippen LogP contribution in [0.25, 0.3) is 11.4 Å². The van der Waals surface area contributed by atoms with Crippen molar-refractivity contribution in [2.45, 2.75) is 13.1 Å². The monoisotopic (exact) mass is 216 g/mol. The van der Waals surface area contributed by atoms with Crippen molar-refractivity contribution in [3.63, 3.8) is 0 Å². The molecule has 0 saturated heterocycles. The van der Waals surface area contributed by atoms with Gasteiger partial charge in [-0.3, -0.25) is 9.97 Å². The highest BCUT2D eigenvalue weighted by Gasteiger charge is 2.04. The molecule has 0 aliphatic rings. The Bertz CT molecular complexity index is 439. The second-order valence-corrected chi connectivity index (χ2v) is 3.20. The standard InChI is InChI=1S/C10H12N6/c11-1-7-3-13-5-9(15-7)10-6-14-4-8(2-12)16-10/h3-6H,1-2,11-12H2. The van der Waals surface area contributed by atoms with Crippen LogP contribution < -0.4 is 11.5 Å². The zero-order chi connectivity index (χ0) is 11.4. The Morgan fingerprint density at radius 3 is 1.56 bits per heavy atom. The summed E-state index contributed by atoms with van der Waals surface area (Å²) in [6, 6.07) is 0. The van der Waals surface area contributed by atoms with E-state index in [1.807, 2.05) is 0 Å². The summed E-state index contributed by atoms with van der Waals surface area (Å²) >= 11 is 0. The van der Waals surface area contributed by atoms with E-state index < -0.39 is 0 Å². The van der Waals surface area contributed by atoms with Crippen LogP contribution in [0, 0.1) is 0 Å². The highest BCUT2D eigenvalue weighted by molar-refractivity contribution is 5.51. The van der Waals surface area contributed by atoms with Gasteiger partial charge in [0.25, 0.3) is 0 Å². The molecule has 0 atom stereocenters. The molecule has 4 N–H and O–H groups in total. The summed E-state index contributed by atoms with van der Waals surface area (Å²) in [5.41, 5.74) is 13.7. The summed E-state index contributed by atoms with van der Waals surface area (Å²) in [5, 5.41) is 0. The normalized spacial score (nSPS) is 10.4. The third-order valence-corrected chi connectivity index (χ3v) is 2.05. The molecule has 2 aromatic heterocycles. The van der Waals surface area contributed by atoms with Crippen LogP contribution in [-0.2, 0) is 13.1 Å². The van der Waals surface area contributed by atoms with Crippen molar-refractivity contribution < 1.29 is 0 Å². The van der Waals surface area contributed by atoms with Crippen molar-refractivity contribution in [1.82, 2.24) is 19.9 Å². The van der Waals surface area contributed by atoms with Gasteiger partial charge in [-0.25, -0.2) is 9.97 Å². The van der Waals surface area contributed by atoms with Gasteiger partial charge in [0.2, 0.25) is 0 Å². The minimum absolute atomic E-state index is 0.352. The molecule has 2 rings (SSSR count). The summed E-state index contributed by atoms with van der Waals surface area (Å²) in [6.07, 6.45) is 6.51. The van der Waals surface area contributed by atoms with Crippen LogP contribution in [0.2, 0.25) is 0 Å². The van der Waals surface area contributed by atoms with E-state index in [0.29, 0.717) is 24.5 Å². The Morgan fingerprint density at radius 2 is 1.19 bits per heavy atom. The van der Waals surface area contributed by atoms with Crippen LogP contribution in [0.3, 0.4) is 0 Å². The molecule has 2 aromatic rings. The molecule has 0 fully saturated rings. The Kier molecular flexibility index (Phi) is 3.13. The molecule has 0 spiro atoms. The first-order chi connectivity index (χ1) is 7.83. The zero-order valence-electron chi connectivity index (χ0n) is 8.67. The van der Waals surface area contributed by atoms with Gasteiger partial charge in [-0.1, -0.05) is 0 Å². The summed E-state index contributed by atoms with van der Waals surface area (Å²) in [7, 11) is 0. The van der Waals surface area contributed by atoms with Gasteiger partial charge in [-0.05, 0) is 0 Å². The topological polar surface area (TPSA) is 104 Å². The highest BCUT2D eigenvalue weighted by Crippen LogP contribution is 2.12. The molecule has 0 unspecified atom stereocenters. The summed E-state index contributed by atoms with van der Waals surface area (Å²) in [4.78, 5) is 16.7. The maximum atomic E-state index is 5.49. The molecule has 0 aliphatic carbocycles. The fraction of sp³-hybridized carbons (Fsp3) is 0.200. The Hall–Kier alpha value is -1.92. The lowest BCUT2D eigenvalue weighted by molar-refractivity contribution is 0.942. The van der Waals surface area contributed by atoms with E-state index in [4.69, 9.17) is 11.5 Å². The third-order valence-electron chi connectivity index (χ3n) is 2.05. The number of aromatic nitrogens is 4. The van der Waals surface area contributed by atoms with Crippen molar-refractivity contribution in [1.29, 1.82) is 0 Å². The predicted molar refractivity (Wildman–Crippen MR) is 58.8 cm³/mol.